The van der Waals surface area contributed by atoms with Gasteiger partial charge < -0.3 is 11.5 Å². The highest BCUT2D eigenvalue weighted by Crippen LogP contribution is 2.22. The molecule has 0 fully saturated rings. The first-order valence-corrected chi connectivity index (χ1v) is 6.32. The third-order valence-electron chi connectivity index (χ3n) is 2.37. The molecule has 0 bridgehead atoms. The van der Waals surface area contributed by atoms with E-state index in [1.807, 2.05) is 0 Å². The molecule has 0 heterocycles. The van der Waals surface area contributed by atoms with Crippen molar-refractivity contribution >= 4 is 40.8 Å². The maximum Gasteiger partial charge on any atom is 0.231 e. The minimum Gasteiger partial charge on any atom is -0.369 e. The Hall–Kier alpha value is -1.63. The summed E-state index contributed by atoms with van der Waals surface area (Å²) in [6, 6.07) is 4.41. The Bertz CT molecular complexity index is 533. The Morgan fingerprint density at radius 2 is 1.50 bits per heavy atom. The van der Waals surface area contributed by atoms with Crippen molar-refractivity contribution in [2.45, 2.75) is 0 Å². The third-order valence-corrected chi connectivity index (χ3v) is 3.11. The number of hydrogen-bond donors (Lipinski definition) is 2. The van der Waals surface area contributed by atoms with E-state index >= 15 is 0 Å². The van der Waals surface area contributed by atoms with E-state index in [1.54, 1.807) is 0 Å². The minimum absolute atomic E-state index is 0.177. The molecule has 0 aromatic heterocycles. The summed E-state index contributed by atoms with van der Waals surface area (Å²) in [6.45, 7) is -0.657. The van der Waals surface area contributed by atoms with Crippen LogP contribution in [0.25, 0.3) is 0 Å². The van der Waals surface area contributed by atoms with Gasteiger partial charge in [0.05, 0.1) is 29.7 Å². The van der Waals surface area contributed by atoms with E-state index in [0.717, 1.165) is 0 Å². The number of halogens is 2. The van der Waals surface area contributed by atoms with Gasteiger partial charge >= 0.3 is 0 Å². The highest BCUT2D eigenvalue weighted by Gasteiger charge is 2.17. The monoisotopic (exact) mass is 317 g/mol. The number of primary amides is 2. The Kier molecular flexibility index (Phi) is 5.94. The van der Waals surface area contributed by atoms with Crippen molar-refractivity contribution in [1.82, 2.24) is 4.90 Å². The zero-order valence-corrected chi connectivity index (χ0v) is 11.9. The van der Waals surface area contributed by atoms with Crippen molar-refractivity contribution in [3.8, 4) is 0 Å². The summed E-state index contributed by atoms with van der Waals surface area (Å²) in [6.07, 6.45) is 0. The molecule has 108 valence electrons. The maximum atomic E-state index is 12.0. The molecule has 0 spiro atoms. The zero-order chi connectivity index (χ0) is 15.3. The van der Waals surface area contributed by atoms with Gasteiger partial charge in [0, 0.05) is 5.56 Å². The van der Waals surface area contributed by atoms with Gasteiger partial charge in [-0.1, -0.05) is 23.2 Å². The van der Waals surface area contributed by atoms with Crippen LogP contribution in [0.15, 0.2) is 18.2 Å². The number of hydrogen-bond acceptors (Lipinski definition) is 4. The van der Waals surface area contributed by atoms with Crippen LogP contribution in [0.5, 0.6) is 0 Å². The van der Waals surface area contributed by atoms with E-state index in [1.165, 1.54) is 23.1 Å². The normalized spacial score (nSPS) is 10.6. The van der Waals surface area contributed by atoms with Gasteiger partial charge in [-0.3, -0.25) is 19.3 Å². The number of carbonyl (C=O) groups is 3. The fourth-order valence-electron chi connectivity index (χ4n) is 1.57. The molecule has 1 aromatic carbocycles. The Balaban J connectivity index is 2.81. The van der Waals surface area contributed by atoms with Crippen molar-refractivity contribution < 1.29 is 14.4 Å². The molecular weight excluding hydrogens is 305 g/mol. The molecule has 0 atom stereocenters. The van der Waals surface area contributed by atoms with Gasteiger partial charge in [-0.05, 0) is 18.2 Å². The first-order valence-electron chi connectivity index (χ1n) is 5.57. The lowest BCUT2D eigenvalue weighted by Crippen LogP contribution is -2.42. The summed E-state index contributed by atoms with van der Waals surface area (Å²) >= 11 is 11.6. The topological polar surface area (TPSA) is 106 Å². The van der Waals surface area contributed by atoms with E-state index in [4.69, 9.17) is 34.7 Å². The summed E-state index contributed by atoms with van der Waals surface area (Å²) in [5, 5.41) is 0.572. The van der Waals surface area contributed by atoms with Crippen LogP contribution < -0.4 is 11.5 Å². The predicted octanol–water partition coefficient (Wildman–Crippen LogP) is 0.449. The Labute approximate surface area is 125 Å². The predicted molar refractivity (Wildman–Crippen MR) is 75.6 cm³/mol. The fourth-order valence-corrected chi connectivity index (χ4v) is 1.87. The third kappa shape index (κ3) is 5.16. The molecule has 20 heavy (non-hydrogen) atoms. The van der Waals surface area contributed by atoms with Crippen LogP contribution in [0.2, 0.25) is 10.0 Å². The van der Waals surface area contributed by atoms with Crippen LogP contribution in [-0.4, -0.2) is 42.1 Å². The lowest BCUT2D eigenvalue weighted by molar-refractivity contribution is -0.121. The molecule has 8 heteroatoms. The van der Waals surface area contributed by atoms with E-state index in [9.17, 15) is 14.4 Å². The molecule has 0 unspecified atom stereocenters. The van der Waals surface area contributed by atoms with Crippen LogP contribution in [0.4, 0.5) is 0 Å². The summed E-state index contributed by atoms with van der Waals surface area (Å²) in [5.74, 6) is -1.65. The molecule has 1 rings (SSSR count). The van der Waals surface area contributed by atoms with E-state index < -0.39 is 11.8 Å². The SMILES string of the molecule is NC(=O)CN(CC(N)=O)CC(=O)c1ccc(Cl)c(Cl)c1. The first-order chi connectivity index (χ1) is 9.29. The highest BCUT2D eigenvalue weighted by atomic mass is 35.5. The summed E-state index contributed by atoms with van der Waals surface area (Å²) in [5.41, 5.74) is 10.4. The second-order valence-electron chi connectivity index (χ2n) is 4.13. The molecule has 0 saturated heterocycles. The van der Waals surface area contributed by atoms with Gasteiger partial charge in [-0.2, -0.15) is 0 Å². The Morgan fingerprint density at radius 1 is 0.950 bits per heavy atom. The molecule has 0 aliphatic carbocycles. The molecule has 0 saturated carbocycles. The second-order valence-corrected chi connectivity index (χ2v) is 4.94. The lowest BCUT2D eigenvalue weighted by Gasteiger charge is -2.18. The number of rotatable bonds is 7. The second kappa shape index (κ2) is 7.23. The first kappa shape index (κ1) is 16.4. The van der Waals surface area contributed by atoms with Crippen molar-refractivity contribution in [2.24, 2.45) is 11.5 Å². The minimum atomic E-state index is -0.659. The van der Waals surface area contributed by atoms with Crippen molar-refractivity contribution in [3.05, 3.63) is 33.8 Å². The number of Topliss-reactive ketones (excluding diaryl/α,β-unsaturated/α-hetero) is 1. The van der Waals surface area contributed by atoms with Gasteiger partial charge in [0.2, 0.25) is 11.8 Å². The summed E-state index contributed by atoms with van der Waals surface area (Å²) in [4.78, 5) is 35.1. The average Bonchev–Trinajstić information content (AvgIpc) is 2.30. The number of benzene rings is 1. The molecule has 1 aromatic rings. The average molecular weight is 318 g/mol. The molecular formula is C12H13Cl2N3O3. The number of nitrogens with zero attached hydrogens (tertiary/aromatic N) is 1. The van der Waals surface area contributed by atoms with E-state index in [2.05, 4.69) is 0 Å². The van der Waals surface area contributed by atoms with Crippen LogP contribution in [0.1, 0.15) is 10.4 Å². The summed E-state index contributed by atoms with van der Waals surface area (Å²) in [7, 11) is 0. The maximum absolute atomic E-state index is 12.0. The quantitative estimate of drug-likeness (QED) is 0.712. The fraction of sp³-hybridized carbons (Fsp3) is 0.250. The molecule has 2 amide bonds. The van der Waals surface area contributed by atoms with Gasteiger partial charge in [0.1, 0.15) is 0 Å². The van der Waals surface area contributed by atoms with Crippen LogP contribution in [0, 0.1) is 0 Å². The summed E-state index contributed by atoms with van der Waals surface area (Å²) < 4.78 is 0. The number of ketones is 1. The molecule has 0 aliphatic rings. The molecule has 4 N–H and O–H groups in total. The van der Waals surface area contributed by atoms with Crippen molar-refractivity contribution in [2.75, 3.05) is 19.6 Å². The molecule has 6 nitrogen and oxygen atoms in total. The van der Waals surface area contributed by atoms with Crippen LogP contribution in [0.3, 0.4) is 0 Å². The van der Waals surface area contributed by atoms with Gasteiger partial charge in [0.15, 0.2) is 5.78 Å². The number of amides is 2. The number of nitrogens with two attached hydrogens (primary N) is 2. The lowest BCUT2D eigenvalue weighted by atomic mass is 10.1. The highest BCUT2D eigenvalue weighted by molar-refractivity contribution is 6.42. The smallest absolute Gasteiger partial charge is 0.231 e. The van der Waals surface area contributed by atoms with Gasteiger partial charge in [-0.25, -0.2) is 0 Å². The van der Waals surface area contributed by atoms with Crippen molar-refractivity contribution in [1.29, 1.82) is 0 Å². The van der Waals surface area contributed by atoms with E-state index in [0.29, 0.717) is 10.6 Å². The molecule has 0 radical (unpaired) electrons. The van der Waals surface area contributed by atoms with Gasteiger partial charge in [-0.15, -0.1) is 0 Å². The van der Waals surface area contributed by atoms with Crippen LogP contribution in [-0.2, 0) is 9.59 Å². The van der Waals surface area contributed by atoms with Gasteiger partial charge in [0.25, 0.3) is 0 Å². The molecule has 0 aliphatic heterocycles. The Morgan fingerprint density at radius 3 is 1.95 bits per heavy atom. The van der Waals surface area contributed by atoms with Crippen LogP contribution >= 0.6 is 23.2 Å². The zero-order valence-electron chi connectivity index (χ0n) is 10.4. The van der Waals surface area contributed by atoms with E-state index in [-0.39, 0.29) is 30.4 Å². The number of carbonyl (C=O) groups excluding carboxylic acids is 3. The standard InChI is InChI=1S/C12H13Cl2N3O3/c13-8-2-1-7(3-9(8)14)10(18)4-17(5-11(15)19)6-12(16)20/h1-3H,4-6H2,(H2,15,19)(H2,16,20). The largest absolute Gasteiger partial charge is 0.369 e. The van der Waals surface area contributed by atoms with Crippen molar-refractivity contribution in [3.63, 3.8) is 0 Å².